The van der Waals surface area contributed by atoms with Gasteiger partial charge in [-0.1, -0.05) is 71.0 Å². The quantitative estimate of drug-likeness (QED) is 0.277. The van der Waals surface area contributed by atoms with E-state index in [2.05, 4.69) is 101 Å². The highest BCUT2D eigenvalue weighted by Crippen LogP contribution is 2.29. The molecule has 0 aliphatic carbocycles. The van der Waals surface area contributed by atoms with Crippen molar-refractivity contribution in [2.75, 3.05) is 6.61 Å². The van der Waals surface area contributed by atoms with Gasteiger partial charge in [-0.25, -0.2) is 4.98 Å². The van der Waals surface area contributed by atoms with Crippen LogP contribution in [0.2, 0.25) is 0 Å². The summed E-state index contributed by atoms with van der Waals surface area (Å²) >= 11 is 0. The van der Waals surface area contributed by atoms with Gasteiger partial charge in [-0.2, -0.15) is 0 Å². The van der Waals surface area contributed by atoms with Crippen molar-refractivity contribution in [2.24, 2.45) is 0 Å². The second-order valence-corrected chi connectivity index (χ2v) is 10.3. The third-order valence-corrected chi connectivity index (χ3v) is 6.19. The summed E-state index contributed by atoms with van der Waals surface area (Å²) in [5.74, 6) is 3.12. The molecule has 0 atom stereocenters. The fraction of sp³-hybridized carbons (Fsp3) is 0.367. The summed E-state index contributed by atoms with van der Waals surface area (Å²) in [7, 11) is 0. The highest BCUT2D eigenvalue weighted by atomic mass is 16.5. The smallest absolute Gasteiger partial charge is 0.148 e. The Kier molecular flexibility index (Phi) is 6.97. The SMILES string of the molecule is Cc1ccc(C(C)C)c(OCc2nc3ccccc3n2CCOc2ccc(C(C)(C)C)cc2)c1. The second kappa shape index (κ2) is 9.92. The molecule has 4 aromatic rings. The normalized spacial score (nSPS) is 11.9. The monoisotopic (exact) mass is 456 g/mol. The Hall–Kier alpha value is -3.27. The first-order valence-electron chi connectivity index (χ1n) is 12.1. The lowest BCUT2D eigenvalue weighted by molar-refractivity contribution is 0.270. The molecular weight excluding hydrogens is 420 g/mol. The van der Waals surface area contributed by atoms with Crippen molar-refractivity contribution in [2.45, 2.75) is 66.0 Å². The minimum absolute atomic E-state index is 0.135. The summed E-state index contributed by atoms with van der Waals surface area (Å²) in [6, 6.07) is 23.1. The zero-order chi connectivity index (χ0) is 24.3. The molecule has 1 aromatic heterocycles. The van der Waals surface area contributed by atoms with E-state index >= 15 is 0 Å². The molecule has 178 valence electrons. The van der Waals surface area contributed by atoms with E-state index < -0.39 is 0 Å². The summed E-state index contributed by atoms with van der Waals surface area (Å²) in [6.07, 6.45) is 0. The summed E-state index contributed by atoms with van der Waals surface area (Å²) in [4.78, 5) is 4.87. The van der Waals surface area contributed by atoms with Crippen LogP contribution in [0.15, 0.2) is 66.7 Å². The van der Waals surface area contributed by atoms with E-state index in [1.165, 1.54) is 16.7 Å². The van der Waals surface area contributed by atoms with Crippen molar-refractivity contribution in [3.63, 3.8) is 0 Å². The number of benzene rings is 3. The number of aryl methyl sites for hydroxylation is 1. The zero-order valence-electron chi connectivity index (χ0n) is 21.3. The Labute approximate surface area is 203 Å². The van der Waals surface area contributed by atoms with Crippen LogP contribution in [0.1, 0.15) is 63.1 Å². The minimum Gasteiger partial charge on any atom is -0.492 e. The third-order valence-electron chi connectivity index (χ3n) is 6.19. The Balaban J connectivity index is 1.50. The topological polar surface area (TPSA) is 36.3 Å². The van der Waals surface area contributed by atoms with Gasteiger partial charge in [0.05, 0.1) is 17.6 Å². The molecule has 4 rings (SSSR count). The van der Waals surface area contributed by atoms with Crippen molar-refractivity contribution >= 4 is 11.0 Å². The van der Waals surface area contributed by atoms with E-state index in [0.717, 1.165) is 28.4 Å². The largest absolute Gasteiger partial charge is 0.492 e. The molecule has 0 amide bonds. The fourth-order valence-corrected chi connectivity index (χ4v) is 4.18. The summed E-state index contributed by atoms with van der Waals surface area (Å²) in [5.41, 5.74) is 5.92. The Bertz CT molecular complexity index is 1250. The maximum atomic E-state index is 6.32. The maximum absolute atomic E-state index is 6.32. The summed E-state index contributed by atoms with van der Waals surface area (Å²) in [6.45, 7) is 14.8. The lowest BCUT2D eigenvalue weighted by atomic mass is 9.87. The van der Waals surface area contributed by atoms with Crippen LogP contribution in [0.4, 0.5) is 0 Å². The average molecular weight is 457 g/mol. The van der Waals surface area contributed by atoms with Crippen molar-refractivity contribution in [3.8, 4) is 11.5 Å². The average Bonchev–Trinajstić information content (AvgIpc) is 3.15. The first-order valence-corrected chi connectivity index (χ1v) is 12.1. The highest BCUT2D eigenvalue weighted by Gasteiger charge is 2.15. The van der Waals surface area contributed by atoms with E-state index in [1.54, 1.807) is 0 Å². The van der Waals surface area contributed by atoms with Crippen LogP contribution >= 0.6 is 0 Å². The molecule has 4 heteroatoms. The zero-order valence-corrected chi connectivity index (χ0v) is 21.3. The maximum Gasteiger partial charge on any atom is 0.148 e. The number of nitrogens with zero attached hydrogens (tertiary/aromatic N) is 2. The molecule has 34 heavy (non-hydrogen) atoms. The van der Waals surface area contributed by atoms with Gasteiger partial charge in [0.15, 0.2) is 0 Å². The van der Waals surface area contributed by atoms with E-state index in [4.69, 9.17) is 14.5 Å². The first kappa shape index (κ1) is 23.9. The van der Waals surface area contributed by atoms with Gasteiger partial charge >= 0.3 is 0 Å². The van der Waals surface area contributed by atoms with Crippen LogP contribution in [0, 0.1) is 6.92 Å². The minimum atomic E-state index is 0.135. The fourth-order valence-electron chi connectivity index (χ4n) is 4.18. The van der Waals surface area contributed by atoms with Crippen LogP contribution in [-0.4, -0.2) is 16.2 Å². The van der Waals surface area contributed by atoms with Gasteiger partial charge < -0.3 is 14.0 Å². The molecule has 0 bridgehead atoms. The lowest BCUT2D eigenvalue weighted by Crippen LogP contribution is -2.14. The van der Waals surface area contributed by atoms with Gasteiger partial charge in [0.2, 0.25) is 0 Å². The van der Waals surface area contributed by atoms with Crippen molar-refractivity contribution < 1.29 is 9.47 Å². The summed E-state index contributed by atoms with van der Waals surface area (Å²) in [5, 5.41) is 0. The second-order valence-electron chi connectivity index (χ2n) is 10.3. The number of fused-ring (bicyclic) bond motifs is 1. The Morgan fingerprint density at radius 3 is 2.35 bits per heavy atom. The molecular formula is C30H36N2O2. The molecule has 0 radical (unpaired) electrons. The molecule has 0 unspecified atom stereocenters. The van der Waals surface area contributed by atoms with Gasteiger partial charge in [-0.05, 0) is 65.3 Å². The van der Waals surface area contributed by atoms with Gasteiger partial charge in [-0.15, -0.1) is 0 Å². The van der Waals surface area contributed by atoms with Crippen molar-refractivity contribution in [1.82, 2.24) is 9.55 Å². The van der Waals surface area contributed by atoms with E-state index in [9.17, 15) is 0 Å². The molecule has 0 N–H and O–H groups in total. The third kappa shape index (κ3) is 5.44. The lowest BCUT2D eigenvalue weighted by Gasteiger charge is -2.19. The molecule has 1 heterocycles. The summed E-state index contributed by atoms with van der Waals surface area (Å²) < 4.78 is 14.6. The molecule has 0 fully saturated rings. The predicted molar refractivity (Wildman–Crippen MR) is 140 cm³/mol. The molecule has 0 aliphatic rings. The van der Waals surface area contributed by atoms with Gasteiger partial charge in [0.25, 0.3) is 0 Å². The number of para-hydroxylation sites is 2. The number of rotatable bonds is 8. The van der Waals surface area contributed by atoms with E-state index in [0.29, 0.717) is 25.7 Å². The molecule has 0 saturated carbocycles. The van der Waals surface area contributed by atoms with Gasteiger partial charge in [0.1, 0.15) is 30.5 Å². The van der Waals surface area contributed by atoms with Crippen LogP contribution in [-0.2, 0) is 18.6 Å². The Morgan fingerprint density at radius 2 is 1.65 bits per heavy atom. The van der Waals surface area contributed by atoms with E-state index in [-0.39, 0.29) is 5.41 Å². The van der Waals surface area contributed by atoms with Crippen LogP contribution < -0.4 is 9.47 Å². The predicted octanol–water partition coefficient (Wildman–Crippen LogP) is 7.42. The van der Waals surface area contributed by atoms with Crippen LogP contribution in [0.25, 0.3) is 11.0 Å². The number of imidazole rings is 1. The van der Waals surface area contributed by atoms with Gasteiger partial charge in [0, 0.05) is 0 Å². The molecule has 4 nitrogen and oxygen atoms in total. The standard InChI is InChI=1S/C30H36N2O2/c1-21(2)25-16-11-22(3)19-28(25)34-20-29-31-26-9-7-8-10-27(26)32(29)17-18-33-24-14-12-23(13-15-24)30(4,5)6/h7-16,19,21H,17-18,20H2,1-6H3. The van der Waals surface area contributed by atoms with Crippen LogP contribution in [0.5, 0.6) is 11.5 Å². The van der Waals surface area contributed by atoms with Crippen molar-refractivity contribution in [3.05, 3.63) is 89.2 Å². The molecule has 0 spiro atoms. The first-order chi connectivity index (χ1) is 16.2. The molecule has 0 aliphatic heterocycles. The van der Waals surface area contributed by atoms with Gasteiger partial charge in [-0.3, -0.25) is 0 Å². The Morgan fingerprint density at radius 1 is 0.912 bits per heavy atom. The van der Waals surface area contributed by atoms with Crippen molar-refractivity contribution in [1.29, 1.82) is 0 Å². The van der Waals surface area contributed by atoms with E-state index in [1.807, 2.05) is 12.1 Å². The highest BCUT2D eigenvalue weighted by molar-refractivity contribution is 5.75. The number of aromatic nitrogens is 2. The number of hydrogen-bond donors (Lipinski definition) is 0. The number of hydrogen-bond acceptors (Lipinski definition) is 3. The number of ether oxygens (including phenoxy) is 2. The molecule has 0 saturated heterocycles. The van der Waals surface area contributed by atoms with Crippen LogP contribution in [0.3, 0.4) is 0 Å². The molecule has 3 aromatic carbocycles.